The van der Waals surface area contributed by atoms with Crippen LogP contribution in [0.25, 0.3) is 0 Å². The number of nitrogens with zero attached hydrogens (tertiary/aromatic N) is 1. The van der Waals surface area contributed by atoms with Gasteiger partial charge in [0.05, 0.1) is 30.1 Å². The van der Waals surface area contributed by atoms with E-state index in [1.54, 1.807) is 0 Å². The fourth-order valence-electron chi connectivity index (χ4n) is 1.74. The highest BCUT2D eigenvalue weighted by molar-refractivity contribution is 6.09. The Labute approximate surface area is 119 Å². The van der Waals surface area contributed by atoms with Gasteiger partial charge in [-0.25, -0.2) is 4.79 Å². The molecule has 0 spiro atoms. The summed E-state index contributed by atoms with van der Waals surface area (Å²) in [5.74, 6) is -2.03. The highest BCUT2D eigenvalue weighted by Gasteiger charge is 2.17. The molecule has 2 rings (SSSR count). The second kappa shape index (κ2) is 5.91. The third kappa shape index (κ3) is 2.92. The number of amides is 1. The van der Waals surface area contributed by atoms with Crippen molar-refractivity contribution in [2.75, 3.05) is 12.4 Å². The molecule has 0 aliphatic carbocycles. The van der Waals surface area contributed by atoms with Crippen molar-refractivity contribution in [3.8, 4) is 11.5 Å². The molecule has 108 valence electrons. The minimum absolute atomic E-state index is 0.0328. The number of ether oxygens (including phenoxy) is 1. The fraction of sp³-hybridized carbons (Fsp3) is 0.0714. The Morgan fingerprint density at radius 1 is 1.24 bits per heavy atom. The monoisotopic (exact) mass is 288 g/mol. The number of methoxy groups -OCH3 is 1. The highest BCUT2D eigenvalue weighted by atomic mass is 16.5. The zero-order valence-electron chi connectivity index (χ0n) is 11.0. The molecule has 0 fully saturated rings. The molecule has 0 unspecified atom stereocenters. The van der Waals surface area contributed by atoms with Gasteiger partial charge in [-0.15, -0.1) is 0 Å². The van der Waals surface area contributed by atoms with Crippen LogP contribution in [-0.4, -0.2) is 34.2 Å². The van der Waals surface area contributed by atoms with E-state index in [1.165, 1.54) is 43.8 Å². The van der Waals surface area contributed by atoms with Gasteiger partial charge in [-0.05, 0) is 18.2 Å². The lowest BCUT2D eigenvalue weighted by atomic mass is 10.1. The van der Waals surface area contributed by atoms with Crippen LogP contribution in [0.2, 0.25) is 0 Å². The predicted molar refractivity (Wildman–Crippen MR) is 73.8 cm³/mol. The third-order valence-electron chi connectivity index (χ3n) is 2.76. The number of aromatic carboxylic acids is 1. The van der Waals surface area contributed by atoms with Gasteiger partial charge in [0.15, 0.2) is 11.5 Å². The SMILES string of the molecule is COc1cccc(C(=O)Nc2cnccc2C(=O)O)c1O. The van der Waals surface area contributed by atoms with Gasteiger partial charge in [0, 0.05) is 6.20 Å². The second-order valence-electron chi connectivity index (χ2n) is 4.04. The van der Waals surface area contributed by atoms with Gasteiger partial charge in [0.25, 0.3) is 5.91 Å². The summed E-state index contributed by atoms with van der Waals surface area (Å²) < 4.78 is 4.91. The Hall–Kier alpha value is -3.09. The fourth-order valence-corrected chi connectivity index (χ4v) is 1.74. The van der Waals surface area contributed by atoms with Crippen LogP contribution in [0, 0.1) is 0 Å². The zero-order chi connectivity index (χ0) is 15.4. The molecule has 0 saturated heterocycles. The van der Waals surface area contributed by atoms with Crippen LogP contribution in [0.1, 0.15) is 20.7 Å². The molecule has 21 heavy (non-hydrogen) atoms. The summed E-state index contributed by atoms with van der Waals surface area (Å²) in [5, 5.41) is 21.3. The number of hydrogen-bond acceptors (Lipinski definition) is 5. The summed E-state index contributed by atoms with van der Waals surface area (Å²) in [7, 11) is 1.36. The molecule has 2 aromatic rings. The lowest BCUT2D eigenvalue weighted by Crippen LogP contribution is -2.15. The maximum atomic E-state index is 12.1. The number of carboxylic acid groups (broad SMARTS) is 1. The van der Waals surface area contributed by atoms with Crippen molar-refractivity contribution in [1.82, 2.24) is 4.98 Å². The van der Waals surface area contributed by atoms with E-state index in [0.29, 0.717) is 0 Å². The van der Waals surface area contributed by atoms with Crippen molar-refractivity contribution < 1.29 is 24.5 Å². The lowest BCUT2D eigenvalue weighted by molar-refractivity contribution is 0.0698. The zero-order valence-corrected chi connectivity index (χ0v) is 11.0. The number of carbonyl (C=O) groups is 2. The van der Waals surface area contributed by atoms with E-state index in [2.05, 4.69) is 10.3 Å². The first kappa shape index (κ1) is 14.3. The molecule has 0 bridgehead atoms. The number of carboxylic acids is 1. The Morgan fingerprint density at radius 2 is 2.00 bits per heavy atom. The molecule has 0 aliphatic rings. The number of aromatic hydroxyl groups is 1. The smallest absolute Gasteiger partial charge is 0.337 e. The van der Waals surface area contributed by atoms with Crippen LogP contribution in [-0.2, 0) is 0 Å². The number of rotatable bonds is 4. The normalized spacial score (nSPS) is 9.95. The number of aromatic nitrogens is 1. The number of carbonyl (C=O) groups excluding carboxylic acids is 1. The number of nitrogens with one attached hydrogen (secondary N) is 1. The molecule has 3 N–H and O–H groups in total. The summed E-state index contributed by atoms with van der Waals surface area (Å²) >= 11 is 0. The summed E-state index contributed by atoms with van der Waals surface area (Å²) in [6, 6.07) is 5.70. The minimum atomic E-state index is -1.19. The molecule has 7 nitrogen and oxygen atoms in total. The van der Waals surface area contributed by atoms with E-state index in [1.807, 2.05) is 0 Å². The number of anilines is 1. The van der Waals surface area contributed by atoms with Crippen LogP contribution in [0.3, 0.4) is 0 Å². The lowest BCUT2D eigenvalue weighted by Gasteiger charge is -2.10. The van der Waals surface area contributed by atoms with Crippen molar-refractivity contribution in [1.29, 1.82) is 0 Å². The first-order valence-electron chi connectivity index (χ1n) is 5.89. The van der Waals surface area contributed by atoms with Crippen LogP contribution in [0.5, 0.6) is 11.5 Å². The van der Waals surface area contributed by atoms with Gasteiger partial charge in [-0.3, -0.25) is 9.78 Å². The van der Waals surface area contributed by atoms with E-state index >= 15 is 0 Å². The number of hydrogen-bond donors (Lipinski definition) is 3. The van der Waals surface area contributed by atoms with Gasteiger partial charge in [-0.2, -0.15) is 0 Å². The van der Waals surface area contributed by atoms with Crippen LogP contribution in [0.4, 0.5) is 5.69 Å². The molecular weight excluding hydrogens is 276 g/mol. The van der Waals surface area contributed by atoms with E-state index in [0.717, 1.165) is 0 Å². The minimum Gasteiger partial charge on any atom is -0.504 e. The molecule has 1 aromatic carbocycles. The van der Waals surface area contributed by atoms with Crippen LogP contribution < -0.4 is 10.1 Å². The summed E-state index contributed by atoms with van der Waals surface area (Å²) in [6.45, 7) is 0. The average Bonchev–Trinajstić information content (AvgIpc) is 2.47. The molecule has 1 aromatic heterocycles. The number of benzene rings is 1. The summed E-state index contributed by atoms with van der Waals surface area (Å²) in [5.41, 5.74) is -0.0903. The molecular formula is C14H12N2O5. The van der Waals surface area contributed by atoms with E-state index in [4.69, 9.17) is 9.84 Å². The Balaban J connectivity index is 2.33. The number of phenolic OH excluding ortho intramolecular Hbond substituents is 1. The standard InChI is InChI=1S/C14H12N2O5/c1-21-11-4-2-3-9(12(11)17)13(18)16-10-7-15-6-5-8(10)14(19)20/h2-7,17H,1H3,(H,16,18)(H,19,20). The van der Waals surface area contributed by atoms with Crippen molar-refractivity contribution in [3.63, 3.8) is 0 Å². The predicted octanol–water partition coefficient (Wildman–Crippen LogP) is 1.75. The topological polar surface area (TPSA) is 109 Å². The van der Waals surface area contributed by atoms with Crippen molar-refractivity contribution >= 4 is 17.6 Å². The summed E-state index contributed by atoms with van der Waals surface area (Å²) in [6.07, 6.45) is 2.53. The first-order chi connectivity index (χ1) is 10.0. The van der Waals surface area contributed by atoms with Gasteiger partial charge in [0.2, 0.25) is 0 Å². The van der Waals surface area contributed by atoms with Crippen LogP contribution in [0.15, 0.2) is 36.7 Å². The average molecular weight is 288 g/mol. The van der Waals surface area contributed by atoms with Crippen LogP contribution >= 0.6 is 0 Å². The number of para-hydroxylation sites is 1. The largest absolute Gasteiger partial charge is 0.504 e. The molecule has 0 saturated carbocycles. The maximum absolute atomic E-state index is 12.1. The van der Waals surface area contributed by atoms with E-state index in [9.17, 15) is 14.7 Å². The Morgan fingerprint density at radius 3 is 2.67 bits per heavy atom. The molecule has 0 radical (unpaired) electrons. The third-order valence-corrected chi connectivity index (χ3v) is 2.76. The van der Waals surface area contributed by atoms with E-state index < -0.39 is 11.9 Å². The Kier molecular flexibility index (Phi) is 4.03. The van der Waals surface area contributed by atoms with Gasteiger partial charge in [0.1, 0.15) is 0 Å². The molecule has 7 heteroatoms. The van der Waals surface area contributed by atoms with Crippen molar-refractivity contribution in [3.05, 3.63) is 47.8 Å². The van der Waals surface area contributed by atoms with Crippen molar-refractivity contribution in [2.45, 2.75) is 0 Å². The first-order valence-corrected chi connectivity index (χ1v) is 5.89. The molecule has 1 heterocycles. The quantitative estimate of drug-likeness (QED) is 0.790. The number of pyridine rings is 1. The van der Waals surface area contributed by atoms with Gasteiger partial charge in [-0.1, -0.05) is 6.07 Å². The molecule has 0 atom stereocenters. The molecule has 1 amide bonds. The second-order valence-corrected chi connectivity index (χ2v) is 4.04. The van der Waals surface area contributed by atoms with Gasteiger partial charge < -0.3 is 20.3 Å². The highest BCUT2D eigenvalue weighted by Crippen LogP contribution is 2.30. The Bertz CT molecular complexity index is 700. The van der Waals surface area contributed by atoms with Crippen molar-refractivity contribution in [2.24, 2.45) is 0 Å². The van der Waals surface area contributed by atoms with E-state index in [-0.39, 0.29) is 28.3 Å². The maximum Gasteiger partial charge on any atom is 0.337 e. The molecule has 0 aliphatic heterocycles. The number of phenols is 1. The summed E-state index contributed by atoms with van der Waals surface area (Å²) in [4.78, 5) is 27.0. The van der Waals surface area contributed by atoms with Gasteiger partial charge >= 0.3 is 5.97 Å².